The van der Waals surface area contributed by atoms with Crippen molar-refractivity contribution in [1.82, 2.24) is 5.43 Å². The Hall–Kier alpha value is -3.55. The summed E-state index contributed by atoms with van der Waals surface area (Å²) in [6, 6.07) is 18.3. The summed E-state index contributed by atoms with van der Waals surface area (Å²) in [5.74, 6) is -0.391. The first-order chi connectivity index (χ1) is 15.3. The van der Waals surface area contributed by atoms with Crippen LogP contribution in [0.5, 0.6) is 0 Å². The molecule has 3 aromatic rings. The van der Waals surface area contributed by atoms with Crippen molar-refractivity contribution in [2.45, 2.75) is 0 Å². The number of rotatable bonds is 6. The number of benzene rings is 3. The van der Waals surface area contributed by atoms with Crippen LogP contribution < -0.4 is 21.0 Å². The van der Waals surface area contributed by atoms with Gasteiger partial charge in [-0.05, 0) is 60.7 Å². The molecule has 0 heterocycles. The van der Waals surface area contributed by atoms with Gasteiger partial charge in [-0.15, -0.1) is 0 Å². The first-order valence-corrected chi connectivity index (χ1v) is 10.3. The number of hydrogen-bond acceptors (Lipinski definition) is 4. The molecule has 0 aliphatic rings. The zero-order valence-electron chi connectivity index (χ0n) is 17.4. The summed E-state index contributed by atoms with van der Waals surface area (Å²) in [4.78, 5) is 26.3. The lowest BCUT2D eigenvalue weighted by Gasteiger charge is -2.13. The van der Waals surface area contributed by atoms with Crippen molar-refractivity contribution in [3.05, 3.63) is 87.9 Å². The average molecular weight is 470 g/mol. The van der Waals surface area contributed by atoms with E-state index in [0.29, 0.717) is 32.5 Å². The molecule has 9 heteroatoms. The summed E-state index contributed by atoms with van der Waals surface area (Å²) >= 11 is 12.2. The van der Waals surface area contributed by atoms with Crippen LogP contribution >= 0.6 is 23.2 Å². The van der Waals surface area contributed by atoms with Crippen molar-refractivity contribution in [3.63, 3.8) is 0 Å². The van der Waals surface area contributed by atoms with Crippen LogP contribution in [0.25, 0.3) is 0 Å². The van der Waals surface area contributed by atoms with Crippen LogP contribution in [0.3, 0.4) is 0 Å². The van der Waals surface area contributed by atoms with Gasteiger partial charge in [0.2, 0.25) is 0 Å². The smallest absolute Gasteiger partial charge is 0.323 e. The predicted octanol–water partition coefficient (Wildman–Crippen LogP) is 5.47. The van der Waals surface area contributed by atoms with E-state index in [4.69, 9.17) is 23.2 Å². The first kappa shape index (κ1) is 23.1. The molecule has 0 fully saturated rings. The fourth-order valence-corrected chi connectivity index (χ4v) is 3.10. The van der Waals surface area contributed by atoms with Crippen molar-refractivity contribution in [2.24, 2.45) is 5.10 Å². The Morgan fingerprint density at radius 3 is 2.28 bits per heavy atom. The molecule has 3 amide bonds. The van der Waals surface area contributed by atoms with Gasteiger partial charge >= 0.3 is 6.03 Å². The first-order valence-electron chi connectivity index (χ1n) is 9.56. The molecule has 0 spiro atoms. The van der Waals surface area contributed by atoms with Crippen LogP contribution in [0.4, 0.5) is 21.9 Å². The van der Waals surface area contributed by atoms with Gasteiger partial charge in [0.05, 0.1) is 11.2 Å². The largest absolute Gasteiger partial charge is 0.378 e. The van der Waals surface area contributed by atoms with Crippen molar-refractivity contribution in [1.29, 1.82) is 0 Å². The van der Waals surface area contributed by atoms with Crippen molar-refractivity contribution in [2.75, 3.05) is 29.6 Å². The highest BCUT2D eigenvalue weighted by Crippen LogP contribution is 2.21. The Labute approximate surface area is 196 Å². The molecule has 0 aliphatic heterocycles. The second-order valence-corrected chi connectivity index (χ2v) is 7.81. The van der Waals surface area contributed by atoms with E-state index in [0.717, 1.165) is 5.69 Å². The highest BCUT2D eigenvalue weighted by Gasteiger charge is 2.07. The number of carbonyl (C=O) groups excluding carboxylic acids is 2. The minimum atomic E-state index is -0.425. The molecular weight excluding hydrogens is 449 g/mol. The molecule has 0 atom stereocenters. The Bertz CT molecular complexity index is 1150. The van der Waals surface area contributed by atoms with Gasteiger partial charge in [0.25, 0.3) is 5.91 Å². The van der Waals surface area contributed by atoms with E-state index in [9.17, 15) is 9.59 Å². The topological polar surface area (TPSA) is 85.8 Å². The number of carbonyl (C=O) groups is 2. The van der Waals surface area contributed by atoms with Crippen LogP contribution in [0.15, 0.2) is 71.8 Å². The van der Waals surface area contributed by atoms with Crippen LogP contribution in [0, 0.1) is 0 Å². The maximum Gasteiger partial charge on any atom is 0.323 e. The third-order valence-electron chi connectivity index (χ3n) is 4.36. The van der Waals surface area contributed by atoms with Gasteiger partial charge in [-0.25, -0.2) is 10.2 Å². The lowest BCUT2D eigenvalue weighted by atomic mass is 10.2. The molecule has 0 saturated carbocycles. The molecule has 0 saturated heterocycles. The standard InChI is InChI=1S/C23H21Cl2N5O2/c1-30(2)20-11-8-16(21(25)13-20)14-26-29-22(31)15-6-9-18(10-7-15)27-23(32)28-19-5-3-4-17(24)12-19/h3-14H,1-2H3,(H,29,31)(H2,27,28,32)/b26-14+. The fraction of sp³-hybridized carbons (Fsp3) is 0.0870. The Morgan fingerprint density at radius 2 is 1.62 bits per heavy atom. The van der Waals surface area contributed by atoms with Gasteiger partial charge in [-0.3, -0.25) is 4.79 Å². The minimum Gasteiger partial charge on any atom is -0.378 e. The lowest BCUT2D eigenvalue weighted by molar-refractivity contribution is 0.0955. The number of nitrogens with one attached hydrogen (secondary N) is 3. The summed E-state index contributed by atoms with van der Waals surface area (Å²) < 4.78 is 0. The van der Waals surface area contributed by atoms with E-state index in [1.807, 2.05) is 37.2 Å². The number of anilines is 3. The third kappa shape index (κ3) is 6.47. The zero-order chi connectivity index (χ0) is 23.1. The molecule has 32 heavy (non-hydrogen) atoms. The van der Waals surface area contributed by atoms with Crippen molar-refractivity contribution in [3.8, 4) is 0 Å². The highest BCUT2D eigenvalue weighted by molar-refractivity contribution is 6.33. The Balaban J connectivity index is 1.54. The molecule has 3 N–H and O–H groups in total. The van der Waals surface area contributed by atoms with E-state index in [1.54, 1.807) is 48.5 Å². The maximum absolute atomic E-state index is 12.3. The highest BCUT2D eigenvalue weighted by atomic mass is 35.5. The van der Waals surface area contributed by atoms with Gasteiger partial charge in [0.1, 0.15) is 0 Å². The van der Waals surface area contributed by atoms with E-state index in [2.05, 4.69) is 21.2 Å². The number of hydrogen-bond donors (Lipinski definition) is 3. The lowest BCUT2D eigenvalue weighted by Crippen LogP contribution is -2.20. The number of urea groups is 1. The molecule has 3 rings (SSSR count). The number of nitrogens with zero attached hydrogens (tertiary/aromatic N) is 2. The summed E-state index contributed by atoms with van der Waals surface area (Å²) in [6.45, 7) is 0. The van der Waals surface area contributed by atoms with E-state index in [-0.39, 0.29) is 0 Å². The van der Waals surface area contributed by atoms with Crippen LogP contribution in [-0.4, -0.2) is 32.2 Å². The molecule has 0 aliphatic carbocycles. The summed E-state index contributed by atoms with van der Waals surface area (Å²) in [5, 5.41) is 10.4. The molecule has 3 aromatic carbocycles. The normalized spacial score (nSPS) is 10.6. The van der Waals surface area contributed by atoms with Crippen LogP contribution in [-0.2, 0) is 0 Å². The molecule has 0 unspecified atom stereocenters. The second-order valence-electron chi connectivity index (χ2n) is 6.97. The van der Waals surface area contributed by atoms with Gasteiger partial charge in [0, 0.05) is 47.3 Å². The van der Waals surface area contributed by atoms with E-state index < -0.39 is 11.9 Å². The minimum absolute atomic E-state index is 0.386. The summed E-state index contributed by atoms with van der Waals surface area (Å²) in [7, 11) is 3.85. The average Bonchev–Trinajstić information content (AvgIpc) is 2.75. The van der Waals surface area contributed by atoms with Crippen molar-refractivity contribution >= 4 is 58.4 Å². The summed E-state index contributed by atoms with van der Waals surface area (Å²) in [6.07, 6.45) is 1.48. The maximum atomic E-state index is 12.3. The van der Waals surface area contributed by atoms with Gasteiger partial charge in [0.15, 0.2) is 0 Å². The Kier molecular flexibility index (Phi) is 7.70. The van der Waals surface area contributed by atoms with Crippen LogP contribution in [0.2, 0.25) is 10.0 Å². The Morgan fingerprint density at radius 1 is 0.906 bits per heavy atom. The van der Waals surface area contributed by atoms with E-state index in [1.165, 1.54) is 6.21 Å². The van der Waals surface area contributed by atoms with Gasteiger partial charge in [-0.1, -0.05) is 29.3 Å². The molecule has 0 radical (unpaired) electrons. The van der Waals surface area contributed by atoms with Gasteiger partial charge < -0.3 is 15.5 Å². The molecular formula is C23H21Cl2N5O2. The number of hydrazone groups is 1. The fourth-order valence-electron chi connectivity index (χ4n) is 2.69. The molecule has 7 nitrogen and oxygen atoms in total. The molecule has 0 bridgehead atoms. The number of halogens is 2. The van der Waals surface area contributed by atoms with Crippen LogP contribution in [0.1, 0.15) is 15.9 Å². The SMILES string of the molecule is CN(C)c1ccc(/C=N/NC(=O)c2ccc(NC(=O)Nc3cccc(Cl)c3)cc2)c(Cl)c1. The van der Waals surface area contributed by atoms with E-state index >= 15 is 0 Å². The third-order valence-corrected chi connectivity index (χ3v) is 4.92. The number of amides is 3. The van der Waals surface area contributed by atoms with Crippen molar-refractivity contribution < 1.29 is 9.59 Å². The monoisotopic (exact) mass is 469 g/mol. The zero-order valence-corrected chi connectivity index (χ0v) is 18.9. The molecule has 0 aromatic heterocycles. The second kappa shape index (κ2) is 10.7. The predicted molar refractivity (Wildman–Crippen MR) is 131 cm³/mol. The molecule has 164 valence electrons. The van der Waals surface area contributed by atoms with Gasteiger partial charge in [-0.2, -0.15) is 5.10 Å². The summed E-state index contributed by atoms with van der Waals surface area (Å²) in [5.41, 5.74) is 5.59. The quantitative estimate of drug-likeness (QED) is 0.330.